The lowest BCUT2D eigenvalue weighted by molar-refractivity contribution is 0.0693. The molecule has 0 radical (unpaired) electrons. The summed E-state index contributed by atoms with van der Waals surface area (Å²) in [6.07, 6.45) is 2.20. The zero-order valence-electron chi connectivity index (χ0n) is 14.2. The Morgan fingerprint density at radius 1 is 1.12 bits per heavy atom. The Kier molecular flexibility index (Phi) is 4.35. The summed E-state index contributed by atoms with van der Waals surface area (Å²) in [6.45, 7) is 2.04. The van der Waals surface area contributed by atoms with Crippen LogP contribution in [-0.2, 0) is 0 Å². The Bertz CT molecular complexity index is 962. The molecule has 0 saturated carbocycles. The van der Waals surface area contributed by atoms with E-state index in [1.54, 1.807) is 30.5 Å². The normalized spacial score (nSPS) is 16.6. The predicted octanol–water partition coefficient (Wildman–Crippen LogP) is 5.23. The van der Waals surface area contributed by atoms with Gasteiger partial charge >= 0.3 is 0 Å². The van der Waals surface area contributed by atoms with Gasteiger partial charge in [0.2, 0.25) is 0 Å². The molecule has 1 aromatic heterocycles. The van der Waals surface area contributed by atoms with Gasteiger partial charge < -0.3 is 4.42 Å². The largest absolute Gasteiger partial charge is 0.467 e. The summed E-state index contributed by atoms with van der Waals surface area (Å²) in [5, 5.41) is 6.52. The standard InChI is InChI=1S/C21H17ClN2O2/c1-14-8-10-15(11-9-14)18-13-19(20-7-4-12-26-20)24(23-18)21(25)16-5-2-3-6-17(16)22/h2-12,19H,13H2,1H3/t19-/m1/s1. The van der Waals surface area contributed by atoms with Crippen LogP contribution in [0.3, 0.4) is 0 Å². The fourth-order valence-corrected chi connectivity index (χ4v) is 3.30. The minimum Gasteiger partial charge on any atom is -0.467 e. The molecule has 0 aliphatic carbocycles. The molecular weight excluding hydrogens is 348 g/mol. The van der Waals surface area contributed by atoms with Gasteiger partial charge in [0, 0.05) is 6.42 Å². The van der Waals surface area contributed by atoms with Gasteiger partial charge in [0.05, 0.1) is 22.6 Å². The van der Waals surface area contributed by atoms with Gasteiger partial charge in [-0.2, -0.15) is 5.10 Å². The zero-order chi connectivity index (χ0) is 18.1. The van der Waals surface area contributed by atoms with Crippen LogP contribution in [0.2, 0.25) is 5.02 Å². The van der Waals surface area contributed by atoms with E-state index < -0.39 is 0 Å². The number of nitrogens with zero attached hydrogens (tertiary/aromatic N) is 2. The van der Waals surface area contributed by atoms with Crippen LogP contribution in [0.4, 0.5) is 0 Å². The van der Waals surface area contributed by atoms with E-state index in [0.717, 1.165) is 11.3 Å². The Hall–Kier alpha value is -2.85. The number of aryl methyl sites for hydroxylation is 1. The van der Waals surface area contributed by atoms with E-state index in [-0.39, 0.29) is 11.9 Å². The highest BCUT2D eigenvalue weighted by Crippen LogP contribution is 2.35. The molecule has 4 nitrogen and oxygen atoms in total. The maximum absolute atomic E-state index is 13.1. The molecule has 0 fully saturated rings. The summed E-state index contributed by atoms with van der Waals surface area (Å²) in [7, 11) is 0. The quantitative estimate of drug-likeness (QED) is 0.638. The molecule has 2 heterocycles. The van der Waals surface area contributed by atoms with Crippen LogP contribution >= 0.6 is 11.6 Å². The smallest absolute Gasteiger partial charge is 0.276 e. The van der Waals surface area contributed by atoms with Crippen molar-refractivity contribution in [3.8, 4) is 0 Å². The van der Waals surface area contributed by atoms with Crippen LogP contribution in [0, 0.1) is 6.92 Å². The highest BCUT2D eigenvalue weighted by atomic mass is 35.5. The summed E-state index contributed by atoms with van der Waals surface area (Å²) in [6, 6.07) is 18.5. The number of hydrogen-bond donors (Lipinski definition) is 0. The summed E-state index contributed by atoms with van der Waals surface area (Å²) < 4.78 is 5.57. The second-order valence-electron chi connectivity index (χ2n) is 6.28. The number of carbonyl (C=O) groups excluding carboxylic acids is 1. The second-order valence-corrected chi connectivity index (χ2v) is 6.68. The Balaban J connectivity index is 1.73. The van der Waals surface area contributed by atoms with E-state index in [0.29, 0.717) is 22.8 Å². The first-order valence-electron chi connectivity index (χ1n) is 8.39. The van der Waals surface area contributed by atoms with E-state index in [1.807, 2.05) is 43.3 Å². The molecule has 1 aliphatic rings. The third-order valence-corrected chi connectivity index (χ3v) is 4.81. The van der Waals surface area contributed by atoms with Crippen molar-refractivity contribution in [2.45, 2.75) is 19.4 Å². The van der Waals surface area contributed by atoms with Crippen molar-refractivity contribution < 1.29 is 9.21 Å². The van der Waals surface area contributed by atoms with Crippen molar-refractivity contribution >= 4 is 23.2 Å². The van der Waals surface area contributed by atoms with Gasteiger partial charge in [0.25, 0.3) is 5.91 Å². The molecule has 26 heavy (non-hydrogen) atoms. The van der Waals surface area contributed by atoms with Crippen LogP contribution in [-0.4, -0.2) is 16.6 Å². The predicted molar refractivity (Wildman–Crippen MR) is 101 cm³/mol. The number of carbonyl (C=O) groups is 1. The molecule has 1 atom stereocenters. The number of furan rings is 1. The van der Waals surface area contributed by atoms with Gasteiger partial charge in [0.15, 0.2) is 0 Å². The Labute approximate surface area is 156 Å². The zero-order valence-corrected chi connectivity index (χ0v) is 15.0. The molecule has 0 unspecified atom stereocenters. The maximum atomic E-state index is 13.1. The van der Waals surface area contributed by atoms with Gasteiger partial charge in [-0.15, -0.1) is 0 Å². The van der Waals surface area contributed by atoms with E-state index in [4.69, 9.17) is 16.0 Å². The van der Waals surface area contributed by atoms with E-state index in [1.165, 1.54) is 10.6 Å². The summed E-state index contributed by atoms with van der Waals surface area (Å²) in [4.78, 5) is 13.1. The van der Waals surface area contributed by atoms with E-state index >= 15 is 0 Å². The van der Waals surface area contributed by atoms with Crippen LogP contribution in [0.1, 0.15) is 39.7 Å². The number of rotatable bonds is 3. The lowest BCUT2D eigenvalue weighted by Crippen LogP contribution is -2.27. The molecule has 1 aliphatic heterocycles. The van der Waals surface area contributed by atoms with Crippen molar-refractivity contribution in [2.24, 2.45) is 5.10 Å². The minimum absolute atomic E-state index is 0.237. The summed E-state index contributed by atoms with van der Waals surface area (Å²) in [5.41, 5.74) is 3.46. The molecule has 5 heteroatoms. The average Bonchev–Trinajstić information content (AvgIpc) is 3.32. The second kappa shape index (κ2) is 6.81. The van der Waals surface area contributed by atoms with Gasteiger partial charge in [-0.3, -0.25) is 4.79 Å². The van der Waals surface area contributed by atoms with Crippen LogP contribution in [0.5, 0.6) is 0 Å². The number of hydrogen-bond acceptors (Lipinski definition) is 3. The minimum atomic E-state index is -0.287. The molecule has 0 N–H and O–H groups in total. The molecule has 4 rings (SSSR count). The molecule has 130 valence electrons. The molecule has 0 bridgehead atoms. The average molecular weight is 365 g/mol. The fourth-order valence-electron chi connectivity index (χ4n) is 3.08. The lowest BCUT2D eigenvalue weighted by atomic mass is 10.0. The molecule has 3 aromatic rings. The van der Waals surface area contributed by atoms with Crippen LogP contribution < -0.4 is 0 Å². The van der Waals surface area contributed by atoms with E-state index in [2.05, 4.69) is 5.10 Å². The number of benzene rings is 2. The summed E-state index contributed by atoms with van der Waals surface area (Å²) >= 11 is 6.22. The van der Waals surface area contributed by atoms with Gasteiger partial charge in [-0.05, 0) is 36.8 Å². The molecular formula is C21H17ClN2O2. The van der Waals surface area contributed by atoms with Crippen molar-refractivity contribution in [2.75, 3.05) is 0 Å². The number of amides is 1. The monoisotopic (exact) mass is 364 g/mol. The van der Waals surface area contributed by atoms with Crippen molar-refractivity contribution in [1.82, 2.24) is 5.01 Å². The van der Waals surface area contributed by atoms with Gasteiger partial charge in [0.1, 0.15) is 11.8 Å². The SMILES string of the molecule is Cc1ccc(C2=NN(C(=O)c3ccccc3Cl)[C@@H](c3ccco3)C2)cc1. The van der Waals surface area contributed by atoms with Crippen LogP contribution in [0.25, 0.3) is 0 Å². The molecule has 2 aromatic carbocycles. The lowest BCUT2D eigenvalue weighted by Gasteiger charge is -2.20. The van der Waals surface area contributed by atoms with Gasteiger partial charge in [-0.25, -0.2) is 5.01 Å². The molecule has 0 saturated heterocycles. The third-order valence-electron chi connectivity index (χ3n) is 4.48. The highest BCUT2D eigenvalue weighted by Gasteiger charge is 2.35. The summed E-state index contributed by atoms with van der Waals surface area (Å²) in [5.74, 6) is 0.468. The Morgan fingerprint density at radius 3 is 2.58 bits per heavy atom. The Morgan fingerprint density at radius 2 is 1.88 bits per heavy atom. The van der Waals surface area contributed by atoms with Crippen molar-refractivity contribution in [3.05, 3.63) is 94.4 Å². The number of halogens is 1. The van der Waals surface area contributed by atoms with Crippen molar-refractivity contribution in [3.63, 3.8) is 0 Å². The third kappa shape index (κ3) is 3.04. The van der Waals surface area contributed by atoms with Gasteiger partial charge in [-0.1, -0.05) is 53.6 Å². The first-order valence-corrected chi connectivity index (χ1v) is 8.77. The first-order chi connectivity index (χ1) is 12.6. The van der Waals surface area contributed by atoms with Crippen LogP contribution in [0.15, 0.2) is 76.4 Å². The highest BCUT2D eigenvalue weighted by molar-refractivity contribution is 6.33. The first kappa shape index (κ1) is 16.6. The molecule has 0 spiro atoms. The number of hydrazone groups is 1. The van der Waals surface area contributed by atoms with Crippen molar-refractivity contribution in [1.29, 1.82) is 0 Å². The fraction of sp³-hybridized carbons (Fsp3) is 0.143. The maximum Gasteiger partial charge on any atom is 0.276 e. The molecule has 1 amide bonds. The van der Waals surface area contributed by atoms with E-state index in [9.17, 15) is 4.79 Å². The topological polar surface area (TPSA) is 45.8 Å².